The standard InChI is InChI=1S/C27H31F3N4O2S/c1-6-33(7-2)27(37-5)32-24(20-14-12-19(17-31)13-15-20)23(25(35)36-8-3)18(4)34(27)22-11-9-10-21(16-22)26(28,29)30/h9-16,24,32H,6-8H2,1-5H3. The Kier molecular flexibility index (Phi) is 8.95. The van der Waals surface area contributed by atoms with Gasteiger partial charge in [-0.1, -0.05) is 32.0 Å². The number of halogens is 3. The molecule has 2 aromatic rings. The van der Waals surface area contributed by atoms with Gasteiger partial charge in [0.05, 0.1) is 35.4 Å². The Morgan fingerprint density at radius 1 is 1.19 bits per heavy atom. The summed E-state index contributed by atoms with van der Waals surface area (Å²) in [6.07, 6.45) is -2.65. The zero-order chi connectivity index (χ0) is 27.4. The molecule has 198 valence electrons. The normalized spacial score (nSPS) is 20.2. The SMILES string of the molecule is CCOC(=O)C1=C(C)N(c2cccc(C(F)(F)F)c2)C(SC)(N(CC)CC)NC1c1ccc(C#N)cc1. The van der Waals surface area contributed by atoms with E-state index in [9.17, 15) is 23.2 Å². The van der Waals surface area contributed by atoms with Crippen LogP contribution in [0.25, 0.3) is 0 Å². The summed E-state index contributed by atoms with van der Waals surface area (Å²) in [5.41, 5.74) is 1.49. The van der Waals surface area contributed by atoms with E-state index in [2.05, 4.69) is 16.3 Å². The first-order valence-electron chi connectivity index (χ1n) is 12.0. The highest BCUT2D eigenvalue weighted by Gasteiger charge is 2.50. The van der Waals surface area contributed by atoms with E-state index in [1.54, 1.807) is 49.1 Å². The summed E-state index contributed by atoms with van der Waals surface area (Å²) < 4.78 is 46.5. The second-order valence-corrected chi connectivity index (χ2v) is 9.38. The average Bonchev–Trinajstić information content (AvgIpc) is 2.88. The van der Waals surface area contributed by atoms with E-state index >= 15 is 0 Å². The van der Waals surface area contributed by atoms with Crippen molar-refractivity contribution in [3.63, 3.8) is 0 Å². The van der Waals surface area contributed by atoms with Crippen molar-refractivity contribution in [1.29, 1.82) is 5.26 Å². The quantitative estimate of drug-likeness (QED) is 0.336. The summed E-state index contributed by atoms with van der Waals surface area (Å²) in [7, 11) is 0. The lowest BCUT2D eigenvalue weighted by atomic mass is 9.93. The van der Waals surface area contributed by atoms with Crippen molar-refractivity contribution in [2.45, 2.75) is 45.0 Å². The topological polar surface area (TPSA) is 68.6 Å². The lowest BCUT2D eigenvalue weighted by Gasteiger charge is -2.55. The summed E-state index contributed by atoms with van der Waals surface area (Å²) in [5.74, 6) is -0.562. The van der Waals surface area contributed by atoms with Crippen molar-refractivity contribution >= 4 is 23.4 Å². The number of hydrogen-bond donors (Lipinski definition) is 1. The van der Waals surface area contributed by atoms with Crippen LogP contribution < -0.4 is 10.2 Å². The van der Waals surface area contributed by atoms with Crippen molar-refractivity contribution < 1.29 is 22.7 Å². The average molecular weight is 533 g/mol. The summed E-state index contributed by atoms with van der Waals surface area (Å²) >= 11 is 1.42. The number of rotatable bonds is 8. The van der Waals surface area contributed by atoms with Crippen molar-refractivity contribution in [2.75, 3.05) is 30.9 Å². The number of nitriles is 1. The Hall–Kier alpha value is -3.00. The molecule has 0 radical (unpaired) electrons. The molecule has 1 aliphatic rings. The molecule has 2 atom stereocenters. The van der Waals surface area contributed by atoms with Crippen LogP contribution in [0, 0.1) is 11.3 Å². The Balaban J connectivity index is 2.36. The number of carbonyl (C=O) groups is 1. The molecule has 0 bridgehead atoms. The van der Waals surface area contributed by atoms with E-state index in [4.69, 9.17) is 4.74 Å². The molecule has 0 saturated heterocycles. The first-order chi connectivity index (χ1) is 17.6. The molecule has 1 aliphatic heterocycles. The van der Waals surface area contributed by atoms with E-state index in [1.807, 2.05) is 20.1 Å². The van der Waals surface area contributed by atoms with Gasteiger partial charge in [-0.3, -0.25) is 10.2 Å². The van der Waals surface area contributed by atoms with Crippen LogP contribution in [0.3, 0.4) is 0 Å². The van der Waals surface area contributed by atoms with E-state index in [0.29, 0.717) is 35.6 Å². The van der Waals surface area contributed by atoms with Gasteiger partial charge in [0.15, 0.2) is 0 Å². The van der Waals surface area contributed by atoms with Crippen molar-refractivity contribution in [1.82, 2.24) is 10.2 Å². The van der Waals surface area contributed by atoms with Crippen LogP contribution in [0.1, 0.15) is 50.4 Å². The largest absolute Gasteiger partial charge is 0.463 e. The van der Waals surface area contributed by atoms with Crippen LogP contribution >= 0.6 is 11.8 Å². The van der Waals surface area contributed by atoms with Gasteiger partial charge in [0, 0.05) is 11.4 Å². The fourth-order valence-corrected chi connectivity index (χ4v) is 5.89. The molecule has 1 heterocycles. The van der Waals surface area contributed by atoms with Crippen molar-refractivity contribution in [3.05, 3.63) is 76.5 Å². The van der Waals surface area contributed by atoms with E-state index in [-0.39, 0.29) is 6.61 Å². The minimum atomic E-state index is -4.52. The Labute approximate surface area is 220 Å². The van der Waals surface area contributed by atoms with Crippen LogP contribution in [0.4, 0.5) is 18.9 Å². The maximum absolute atomic E-state index is 13.7. The van der Waals surface area contributed by atoms with Crippen LogP contribution in [0.5, 0.6) is 0 Å². The number of carbonyl (C=O) groups excluding carboxylic acids is 1. The minimum absolute atomic E-state index is 0.142. The number of benzene rings is 2. The Bertz CT molecular complexity index is 1190. The lowest BCUT2D eigenvalue weighted by Crippen LogP contribution is -2.70. The highest BCUT2D eigenvalue weighted by atomic mass is 32.2. The minimum Gasteiger partial charge on any atom is -0.463 e. The molecule has 0 aliphatic carbocycles. The molecule has 0 amide bonds. The van der Waals surface area contributed by atoms with Gasteiger partial charge in [-0.25, -0.2) is 4.79 Å². The van der Waals surface area contributed by atoms with E-state index < -0.39 is 28.9 Å². The fraction of sp³-hybridized carbons (Fsp3) is 0.407. The molecule has 10 heteroatoms. The zero-order valence-corrected chi connectivity index (χ0v) is 22.3. The number of nitrogens with one attached hydrogen (secondary N) is 1. The number of thioether (sulfide) groups is 1. The lowest BCUT2D eigenvalue weighted by molar-refractivity contribution is -0.139. The van der Waals surface area contributed by atoms with Crippen LogP contribution in [-0.4, -0.2) is 41.9 Å². The second-order valence-electron chi connectivity index (χ2n) is 8.40. The third kappa shape index (κ3) is 5.49. The van der Waals surface area contributed by atoms with Gasteiger partial charge < -0.3 is 9.64 Å². The molecule has 0 saturated carbocycles. The zero-order valence-electron chi connectivity index (χ0n) is 21.5. The second kappa shape index (κ2) is 11.6. The number of hydrogen-bond acceptors (Lipinski definition) is 7. The summed E-state index contributed by atoms with van der Waals surface area (Å²) in [4.78, 5) is 17.2. The molecular formula is C27H31F3N4O2S. The van der Waals surface area contributed by atoms with Gasteiger partial charge in [-0.15, -0.1) is 11.8 Å². The van der Waals surface area contributed by atoms with Crippen LogP contribution in [0.2, 0.25) is 0 Å². The van der Waals surface area contributed by atoms with Gasteiger partial charge >= 0.3 is 12.1 Å². The number of allylic oxidation sites excluding steroid dienone is 1. The van der Waals surface area contributed by atoms with Gasteiger partial charge in [-0.05, 0) is 69.1 Å². The molecule has 3 rings (SSSR count). The molecule has 2 aromatic carbocycles. The monoisotopic (exact) mass is 532 g/mol. The number of anilines is 1. The Morgan fingerprint density at radius 3 is 2.35 bits per heavy atom. The van der Waals surface area contributed by atoms with Crippen molar-refractivity contribution in [2.24, 2.45) is 0 Å². The highest BCUT2D eigenvalue weighted by Crippen LogP contribution is 2.46. The molecule has 1 N–H and O–H groups in total. The van der Waals surface area contributed by atoms with Crippen LogP contribution in [0.15, 0.2) is 59.8 Å². The number of alkyl halides is 3. The van der Waals surface area contributed by atoms with Crippen molar-refractivity contribution in [3.8, 4) is 6.07 Å². The van der Waals surface area contributed by atoms with E-state index in [1.165, 1.54) is 17.8 Å². The summed E-state index contributed by atoms with van der Waals surface area (Å²) in [6, 6.07) is 13.5. The molecule has 0 aromatic heterocycles. The summed E-state index contributed by atoms with van der Waals surface area (Å²) in [5, 5.41) is 11.8. The molecular weight excluding hydrogens is 501 g/mol. The molecule has 0 fully saturated rings. The molecule has 37 heavy (non-hydrogen) atoms. The fourth-order valence-electron chi connectivity index (χ4n) is 4.71. The van der Waals surface area contributed by atoms with Gasteiger partial charge in [-0.2, -0.15) is 18.4 Å². The number of esters is 1. The maximum atomic E-state index is 13.7. The highest BCUT2D eigenvalue weighted by molar-refractivity contribution is 8.00. The molecule has 0 spiro atoms. The third-order valence-electron chi connectivity index (χ3n) is 6.43. The van der Waals surface area contributed by atoms with E-state index in [0.717, 1.165) is 17.7 Å². The number of ether oxygens (including phenoxy) is 1. The predicted molar refractivity (Wildman–Crippen MR) is 139 cm³/mol. The summed E-state index contributed by atoms with van der Waals surface area (Å²) in [6.45, 7) is 8.70. The maximum Gasteiger partial charge on any atom is 0.416 e. The van der Waals surface area contributed by atoms with Gasteiger partial charge in [0.25, 0.3) is 0 Å². The number of nitrogens with zero attached hydrogens (tertiary/aromatic N) is 3. The van der Waals surface area contributed by atoms with Crippen LogP contribution in [-0.2, 0) is 15.7 Å². The smallest absolute Gasteiger partial charge is 0.416 e. The molecule has 6 nitrogen and oxygen atoms in total. The first-order valence-corrected chi connectivity index (χ1v) is 13.2. The third-order valence-corrected chi connectivity index (χ3v) is 7.55. The first kappa shape index (κ1) is 28.6. The molecule has 2 unspecified atom stereocenters. The van der Waals surface area contributed by atoms with Gasteiger partial charge in [0.1, 0.15) is 0 Å². The van der Waals surface area contributed by atoms with Gasteiger partial charge in [0.2, 0.25) is 5.12 Å². The Morgan fingerprint density at radius 2 is 1.84 bits per heavy atom. The predicted octanol–water partition coefficient (Wildman–Crippen LogP) is 5.88.